The monoisotopic (exact) mass is 415 g/mol. The van der Waals surface area contributed by atoms with Crippen molar-refractivity contribution in [3.63, 3.8) is 0 Å². The molecule has 1 N–H and O–H groups in total. The highest BCUT2D eigenvalue weighted by Crippen LogP contribution is 2.39. The van der Waals surface area contributed by atoms with Crippen LogP contribution in [-0.4, -0.2) is 62.0 Å². The van der Waals surface area contributed by atoms with Crippen LogP contribution < -0.4 is 0 Å². The van der Waals surface area contributed by atoms with E-state index < -0.39 is 5.60 Å². The van der Waals surface area contributed by atoms with Gasteiger partial charge in [0.05, 0.1) is 24.8 Å². The molecule has 3 atom stereocenters. The molecular weight excluding hydrogens is 374 g/mol. The summed E-state index contributed by atoms with van der Waals surface area (Å²) in [6.07, 6.45) is 12.7. The Labute approximate surface area is 183 Å². The van der Waals surface area contributed by atoms with Gasteiger partial charge in [-0.1, -0.05) is 38.7 Å². The minimum absolute atomic E-state index is 0.0558. The van der Waals surface area contributed by atoms with Crippen LogP contribution in [0.1, 0.15) is 47.0 Å². The molecule has 0 heterocycles. The summed E-state index contributed by atoms with van der Waals surface area (Å²) in [6.45, 7) is 13.9. The molecule has 0 aromatic carbocycles. The summed E-state index contributed by atoms with van der Waals surface area (Å²) in [5.74, 6) is 1.89. The SMILES string of the molecule is C=C(CN(C)/C(C)=N\CC)C(O)(CC)[C@@H]1/C=C(/C=C(\C=N/C)OC)C=CCCC1C. The van der Waals surface area contributed by atoms with Crippen LogP contribution in [0.5, 0.6) is 0 Å². The van der Waals surface area contributed by atoms with Gasteiger partial charge in [-0.2, -0.15) is 0 Å². The van der Waals surface area contributed by atoms with Gasteiger partial charge in [-0.25, -0.2) is 0 Å². The molecule has 2 unspecified atom stereocenters. The van der Waals surface area contributed by atoms with Crippen molar-refractivity contribution < 1.29 is 9.84 Å². The lowest BCUT2D eigenvalue weighted by atomic mass is 9.70. The zero-order valence-corrected chi connectivity index (χ0v) is 20.0. The summed E-state index contributed by atoms with van der Waals surface area (Å²) in [5, 5.41) is 11.9. The van der Waals surface area contributed by atoms with E-state index in [1.54, 1.807) is 20.4 Å². The maximum Gasteiger partial charge on any atom is 0.137 e. The molecule has 0 aromatic rings. The number of methoxy groups -OCH3 is 1. The van der Waals surface area contributed by atoms with Crippen molar-refractivity contribution in [1.29, 1.82) is 0 Å². The molecule has 0 saturated heterocycles. The van der Waals surface area contributed by atoms with Crippen LogP contribution in [0.2, 0.25) is 0 Å². The number of nitrogens with zero attached hydrogens (tertiary/aromatic N) is 3. The van der Waals surface area contributed by atoms with Gasteiger partial charge in [0.15, 0.2) is 0 Å². The lowest BCUT2D eigenvalue weighted by Crippen LogP contribution is -2.45. The first-order chi connectivity index (χ1) is 14.2. The molecule has 30 heavy (non-hydrogen) atoms. The third-order valence-electron chi connectivity index (χ3n) is 5.96. The molecular formula is C25H41N3O2. The van der Waals surface area contributed by atoms with Crippen molar-refractivity contribution in [2.45, 2.75) is 52.6 Å². The van der Waals surface area contributed by atoms with Crippen molar-refractivity contribution in [2.75, 3.05) is 34.3 Å². The number of rotatable bonds is 9. The smallest absolute Gasteiger partial charge is 0.137 e. The van der Waals surface area contributed by atoms with E-state index >= 15 is 0 Å². The Bertz CT molecular complexity index is 718. The molecule has 0 spiro atoms. The van der Waals surface area contributed by atoms with E-state index in [4.69, 9.17) is 4.74 Å². The summed E-state index contributed by atoms with van der Waals surface area (Å²) in [6, 6.07) is 0. The van der Waals surface area contributed by atoms with Gasteiger partial charge < -0.3 is 14.7 Å². The molecule has 0 bridgehead atoms. The van der Waals surface area contributed by atoms with E-state index in [1.807, 2.05) is 33.9 Å². The number of ether oxygens (including phenoxy) is 1. The highest BCUT2D eigenvalue weighted by atomic mass is 16.5. The normalized spacial score (nSPS) is 24.6. The summed E-state index contributed by atoms with van der Waals surface area (Å²) in [5.41, 5.74) is 0.831. The number of aliphatic hydroxyl groups is 1. The van der Waals surface area contributed by atoms with Gasteiger partial charge in [0.25, 0.3) is 0 Å². The highest BCUT2D eigenvalue weighted by Gasteiger charge is 2.40. The minimum atomic E-state index is -1.00. The topological polar surface area (TPSA) is 57.4 Å². The second kappa shape index (κ2) is 12.5. The number of hydrogen-bond acceptors (Lipinski definition) is 4. The highest BCUT2D eigenvalue weighted by molar-refractivity contribution is 5.79. The molecule has 0 aromatic heterocycles. The Balaban J connectivity index is 3.34. The maximum atomic E-state index is 11.9. The van der Waals surface area contributed by atoms with Crippen LogP contribution in [0.4, 0.5) is 0 Å². The molecule has 0 fully saturated rings. The second-order valence-electron chi connectivity index (χ2n) is 8.05. The van der Waals surface area contributed by atoms with E-state index in [2.05, 4.69) is 46.6 Å². The average molecular weight is 416 g/mol. The summed E-state index contributed by atoms with van der Waals surface area (Å²) in [7, 11) is 5.36. The Hall–Kier alpha value is -2.14. The first kappa shape index (κ1) is 25.9. The zero-order chi connectivity index (χ0) is 22.7. The predicted octanol–water partition coefficient (Wildman–Crippen LogP) is 4.81. The van der Waals surface area contributed by atoms with Gasteiger partial charge in [0.1, 0.15) is 5.76 Å². The van der Waals surface area contributed by atoms with Crippen LogP contribution in [0.15, 0.2) is 57.8 Å². The van der Waals surface area contributed by atoms with Gasteiger partial charge in [-0.05, 0) is 56.3 Å². The van der Waals surface area contributed by atoms with Crippen molar-refractivity contribution in [3.05, 3.63) is 47.8 Å². The van der Waals surface area contributed by atoms with E-state index in [9.17, 15) is 5.11 Å². The third-order valence-corrected chi connectivity index (χ3v) is 5.96. The minimum Gasteiger partial charge on any atom is -0.495 e. The molecule has 0 saturated carbocycles. The predicted molar refractivity (Wildman–Crippen MR) is 129 cm³/mol. The Morgan fingerprint density at radius 2 is 2.13 bits per heavy atom. The third kappa shape index (κ3) is 6.98. The molecule has 0 aliphatic heterocycles. The Morgan fingerprint density at radius 1 is 1.43 bits per heavy atom. The van der Waals surface area contributed by atoms with Crippen LogP contribution in [0, 0.1) is 11.8 Å². The van der Waals surface area contributed by atoms with E-state index in [0.29, 0.717) is 24.6 Å². The average Bonchev–Trinajstić information content (AvgIpc) is 2.71. The molecule has 5 heteroatoms. The molecule has 5 nitrogen and oxygen atoms in total. The number of aliphatic imine (C=N–C) groups is 2. The number of allylic oxidation sites excluding steroid dienone is 5. The van der Waals surface area contributed by atoms with E-state index in [1.165, 1.54) is 0 Å². The lowest BCUT2D eigenvalue weighted by Gasteiger charge is -2.41. The standard InChI is InChI=1S/C25H41N3O2/c1-9-25(29,20(4)18-28(7)21(5)27-10-2)24-16-22(14-12-11-13-19(24)3)15-23(30-8)17-26-6/h12,14-17,19,24,29H,4,9-11,13,18H2,1-3,5-8H3/b14-12?,22-16+,23-15+,26-17-,27-21-/t19?,24-,25?/m1/s1. The van der Waals surface area contributed by atoms with Crippen LogP contribution in [0.3, 0.4) is 0 Å². The van der Waals surface area contributed by atoms with Crippen molar-refractivity contribution in [2.24, 2.45) is 21.8 Å². The first-order valence-electron chi connectivity index (χ1n) is 10.9. The zero-order valence-electron chi connectivity index (χ0n) is 20.0. The fourth-order valence-electron chi connectivity index (χ4n) is 3.94. The van der Waals surface area contributed by atoms with Gasteiger partial charge in [-0.15, -0.1) is 0 Å². The molecule has 0 radical (unpaired) electrons. The fraction of sp³-hybridized carbons (Fsp3) is 0.600. The van der Waals surface area contributed by atoms with Gasteiger partial charge in [0.2, 0.25) is 0 Å². The van der Waals surface area contributed by atoms with E-state index in [0.717, 1.165) is 36.4 Å². The summed E-state index contributed by atoms with van der Waals surface area (Å²) in [4.78, 5) is 10.6. The van der Waals surface area contributed by atoms with Gasteiger partial charge >= 0.3 is 0 Å². The molecule has 1 aliphatic carbocycles. The van der Waals surface area contributed by atoms with Crippen molar-refractivity contribution >= 4 is 12.1 Å². The molecule has 1 aliphatic rings. The fourth-order valence-corrected chi connectivity index (χ4v) is 3.94. The van der Waals surface area contributed by atoms with Crippen LogP contribution in [0.25, 0.3) is 0 Å². The molecule has 0 amide bonds. The van der Waals surface area contributed by atoms with Crippen LogP contribution in [-0.2, 0) is 4.74 Å². The number of likely N-dealkylation sites (N-methyl/N-ethyl adjacent to an activating group) is 1. The summed E-state index contributed by atoms with van der Waals surface area (Å²) < 4.78 is 5.43. The van der Waals surface area contributed by atoms with E-state index in [-0.39, 0.29) is 5.92 Å². The Kier molecular flexibility index (Phi) is 10.8. The van der Waals surface area contributed by atoms with Gasteiger partial charge in [-0.3, -0.25) is 9.98 Å². The number of hydrogen-bond donors (Lipinski definition) is 1. The number of amidine groups is 1. The van der Waals surface area contributed by atoms with Crippen molar-refractivity contribution in [1.82, 2.24) is 4.90 Å². The lowest BCUT2D eigenvalue weighted by molar-refractivity contribution is 0.00624. The second-order valence-corrected chi connectivity index (χ2v) is 8.05. The molecule has 168 valence electrons. The first-order valence-corrected chi connectivity index (χ1v) is 10.9. The van der Waals surface area contributed by atoms with Crippen LogP contribution >= 0.6 is 0 Å². The molecule has 1 rings (SSSR count). The maximum absolute atomic E-state index is 11.9. The largest absolute Gasteiger partial charge is 0.495 e. The quantitative estimate of drug-likeness (QED) is 0.254. The Morgan fingerprint density at radius 3 is 2.70 bits per heavy atom. The van der Waals surface area contributed by atoms with Crippen molar-refractivity contribution in [3.8, 4) is 0 Å². The van der Waals surface area contributed by atoms with Gasteiger partial charge in [0, 0.05) is 33.1 Å². The summed E-state index contributed by atoms with van der Waals surface area (Å²) >= 11 is 0.